The molecule has 0 unspecified atom stereocenters. The maximum atomic E-state index is 13.3. The van der Waals surface area contributed by atoms with Crippen LogP contribution in [0, 0.1) is 0 Å². The molecule has 2 aromatic carbocycles. The molecular formula is C22H24N2O4. The Bertz CT molecular complexity index is 888. The van der Waals surface area contributed by atoms with Gasteiger partial charge in [0.05, 0.1) is 30.0 Å². The van der Waals surface area contributed by atoms with Gasteiger partial charge in [0.2, 0.25) is 5.91 Å². The standard InChI is InChI=1S/C22H24N2O4/c25-21(23-17-3-1-2-4-18(17)24-9-11-26-12-10-24)22(7-8-22)16-5-6-19-20(15-16)28-14-13-27-19/h1-6,15H,7-14H2,(H,23,25). The normalized spacial score (nSPS) is 19.8. The summed E-state index contributed by atoms with van der Waals surface area (Å²) in [7, 11) is 0. The number of para-hydroxylation sites is 2. The molecule has 0 atom stereocenters. The maximum Gasteiger partial charge on any atom is 0.235 e. The highest BCUT2D eigenvalue weighted by atomic mass is 16.6. The molecule has 1 N–H and O–H groups in total. The van der Waals surface area contributed by atoms with Crippen LogP contribution in [0.4, 0.5) is 11.4 Å². The molecule has 0 aromatic heterocycles. The predicted octanol–water partition coefficient (Wildman–Crippen LogP) is 2.96. The van der Waals surface area contributed by atoms with E-state index >= 15 is 0 Å². The van der Waals surface area contributed by atoms with E-state index in [-0.39, 0.29) is 5.91 Å². The highest BCUT2D eigenvalue weighted by Crippen LogP contribution is 2.51. The summed E-state index contributed by atoms with van der Waals surface area (Å²) < 4.78 is 16.8. The topological polar surface area (TPSA) is 60.0 Å². The van der Waals surface area contributed by atoms with Gasteiger partial charge in [0, 0.05) is 13.1 Å². The van der Waals surface area contributed by atoms with Gasteiger partial charge in [-0.15, -0.1) is 0 Å². The van der Waals surface area contributed by atoms with E-state index in [4.69, 9.17) is 14.2 Å². The van der Waals surface area contributed by atoms with Crippen molar-refractivity contribution in [1.29, 1.82) is 0 Å². The third-order valence-electron chi connectivity index (χ3n) is 5.78. The van der Waals surface area contributed by atoms with Gasteiger partial charge in [0.15, 0.2) is 11.5 Å². The Hall–Kier alpha value is -2.73. The second-order valence-electron chi connectivity index (χ2n) is 7.51. The molecule has 146 valence electrons. The molecule has 2 aliphatic heterocycles. The van der Waals surface area contributed by atoms with Crippen LogP contribution in [0.25, 0.3) is 0 Å². The Morgan fingerprint density at radius 3 is 2.46 bits per heavy atom. The number of nitrogens with zero attached hydrogens (tertiary/aromatic N) is 1. The number of amides is 1. The van der Waals surface area contributed by atoms with Gasteiger partial charge in [0.25, 0.3) is 0 Å². The van der Waals surface area contributed by atoms with Gasteiger partial charge < -0.3 is 24.4 Å². The van der Waals surface area contributed by atoms with E-state index in [1.165, 1.54) is 0 Å². The van der Waals surface area contributed by atoms with Crippen LogP contribution in [-0.2, 0) is 14.9 Å². The Kier molecular flexibility index (Phi) is 4.36. The molecule has 6 heteroatoms. The number of fused-ring (bicyclic) bond motifs is 1. The highest BCUT2D eigenvalue weighted by molar-refractivity contribution is 6.03. The summed E-state index contributed by atoms with van der Waals surface area (Å²) in [5.74, 6) is 1.53. The lowest BCUT2D eigenvalue weighted by Crippen LogP contribution is -2.37. The Balaban J connectivity index is 1.39. The van der Waals surface area contributed by atoms with E-state index in [0.717, 1.165) is 54.4 Å². The fraction of sp³-hybridized carbons (Fsp3) is 0.409. The summed E-state index contributed by atoms with van der Waals surface area (Å²) in [6, 6.07) is 13.9. The molecule has 28 heavy (non-hydrogen) atoms. The third kappa shape index (κ3) is 3.07. The first-order valence-corrected chi connectivity index (χ1v) is 9.90. The van der Waals surface area contributed by atoms with Crippen molar-refractivity contribution in [3.8, 4) is 11.5 Å². The smallest absolute Gasteiger partial charge is 0.235 e. The van der Waals surface area contributed by atoms with Crippen molar-refractivity contribution in [3.05, 3.63) is 48.0 Å². The van der Waals surface area contributed by atoms with Gasteiger partial charge in [-0.3, -0.25) is 4.79 Å². The zero-order valence-corrected chi connectivity index (χ0v) is 15.8. The lowest BCUT2D eigenvalue weighted by molar-refractivity contribution is -0.118. The fourth-order valence-electron chi connectivity index (χ4n) is 4.01. The summed E-state index contributed by atoms with van der Waals surface area (Å²) in [4.78, 5) is 15.5. The summed E-state index contributed by atoms with van der Waals surface area (Å²) >= 11 is 0. The SMILES string of the molecule is O=C(Nc1ccccc1N1CCOCC1)C1(c2ccc3c(c2)OCCO3)CC1. The number of ether oxygens (including phenoxy) is 3. The van der Waals surface area contributed by atoms with E-state index in [0.29, 0.717) is 26.4 Å². The highest BCUT2D eigenvalue weighted by Gasteiger charge is 2.51. The molecule has 2 fully saturated rings. The van der Waals surface area contributed by atoms with E-state index in [9.17, 15) is 4.79 Å². The zero-order valence-electron chi connectivity index (χ0n) is 15.8. The Morgan fingerprint density at radius 2 is 1.68 bits per heavy atom. The summed E-state index contributed by atoms with van der Waals surface area (Å²) in [5.41, 5.74) is 2.43. The van der Waals surface area contributed by atoms with E-state index in [1.807, 2.05) is 36.4 Å². The van der Waals surface area contributed by atoms with E-state index in [1.54, 1.807) is 0 Å². The van der Waals surface area contributed by atoms with Gasteiger partial charge in [-0.05, 0) is 42.7 Å². The number of rotatable bonds is 4. The average molecular weight is 380 g/mol. The van der Waals surface area contributed by atoms with Crippen LogP contribution in [0.3, 0.4) is 0 Å². The minimum absolute atomic E-state index is 0.0462. The number of carbonyl (C=O) groups excluding carboxylic acids is 1. The van der Waals surface area contributed by atoms with Crippen LogP contribution in [0.2, 0.25) is 0 Å². The number of nitrogens with one attached hydrogen (secondary N) is 1. The second-order valence-corrected chi connectivity index (χ2v) is 7.51. The number of hydrogen-bond acceptors (Lipinski definition) is 5. The van der Waals surface area contributed by atoms with Crippen molar-refractivity contribution < 1.29 is 19.0 Å². The lowest BCUT2D eigenvalue weighted by atomic mass is 9.94. The molecule has 1 aliphatic carbocycles. The molecule has 1 saturated carbocycles. The summed E-state index contributed by atoms with van der Waals surface area (Å²) in [5, 5.41) is 3.20. The fourth-order valence-corrected chi connectivity index (χ4v) is 4.01. The lowest BCUT2D eigenvalue weighted by Gasteiger charge is -2.31. The second kappa shape index (κ2) is 7.02. The van der Waals surface area contributed by atoms with Gasteiger partial charge in [0.1, 0.15) is 13.2 Å². The van der Waals surface area contributed by atoms with Crippen molar-refractivity contribution in [2.24, 2.45) is 0 Å². The Labute approximate surface area is 164 Å². The van der Waals surface area contributed by atoms with Crippen molar-refractivity contribution in [2.75, 3.05) is 49.7 Å². The van der Waals surface area contributed by atoms with E-state index in [2.05, 4.69) is 16.3 Å². The number of anilines is 2. The summed E-state index contributed by atoms with van der Waals surface area (Å²) in [6.07, 6.45) is 1.69. The van der Waals surface area contributed by atoms with Gasteiger partial charge in [-0.2, -0.15) is 0 Å². The molecule has 2 heterocycles. The summed E-state index contributed by atoms with van der Waals surface area (Å²) in [6.45, 7) is 4.20. The first kappa shape index (κ1) is 17.4. The number of morpholine rings is 1. The molecule has 1 amide bonds. The van der Waals surface area contributed by atoms with Crippen LogP contribution in [0.1, 0.15) is 18.4 Å². The monoisotopic (exact) mass is 380 g/mol. The molecule has 0 spiro atoms. The molecule has 2 aromatic rings. The van der Waals surface area contributed by atoms with Crippen molar-refractivity contribution in [1.82, 2.24) is 0 Å². The Morgan fingerprint density at radius 1 is 0.929 bits per heavy atom. The van der Waals surface area contributed by atoms with Crippen LogP contribution < -0.4 is 19.7 Å². The zero-order chi connectivity index (χ0) is 19.0. The first-order chi connectivity index (χ1) is 13.8. The number of carbonyl (C=O) groups is 1. The first-order valence-electron chi connectivity index (χ1n) is 9.90. The van der Waals surface area contributed by atoms with Gasteiger partial charge in [-0.1, -0.05) is 18.2 Å². The molecule has 6 nitrogen and oxygen atoms in total. The molecule has 3 aliphatic rings. The molecule has 1 saturated heterocycles. The molecular weight excluding hydrogens is 356 g/mol. The molecule has 5 rings (SSSR count). The van der Waals surface area contributed by atoms with Crippen LogP contribution in [0.15, 0.2) is 42.5 Å². The molecule has 0 bridgehead atoms. The van der Waals surface area contributed by atoms with E-state index < -0.39 is 5.41 Å². The van der Waals surface area contributed by atoms with Crippen molar-refractivity contribution in [2.45, 2.75) is 18.3 Å². The van der Waals surface area contributed by atoms with Gasteiger partial charge >= 0.3 is 0 Å². The minimum Gasteiger partial charge on any atom is -0.486 e. The van der Waals surface area contributed by atoms with Gasteiger partial charge in [-0.25, -0.2) is 0 Å². The minimum atomic E-state index is -0.478. The quantitative estimate of drug-likeness (QED) is 0.884. The van der Waals surface area contributed by atoms with Crippen molar-refractivity contribution >= 4 is 17.3 Å². The van der Waals surface area contributed by atoms with Crippen molar-refractivity contribution in [3.63, 3.8) is 0 Å². The average Bonchev–Trinajstić information content (AvgIpc) is 3.57. The third-order valence-corrected chi connectivity index (χ3v) is 5.78. The predicted molar refractivity (Wildman–Crippen MR) is 106 cm³/mol. The maximum absolute atomic E-state index is 13.3. The molecule has 0 radical (unpaired) electrons. The number of benzene rings is 2. The largest absolute Gasteiger partial charge is 0.486 e. The van der Waals surface area contributed by atoms with Crippen LogP contribution in [-0.4, -0.2) is 45.4 Å². The van der Waals surface area contributed by atoms with Crippen LogP contribution >= 0.6 is 0 Å². The number of hydrogen-bond donors (Lipinski definition) is 1. The van der Waals surface area contributed by atoms with Crippen LogP contribution in [0.5, 0.6) is 11.5 Å².